The number of carbonyl (C=O) groups is 1. The van der Waals surface area contributed by atoms with Crippen molar-refractivity contribution in [1.29, 1.82) is 0 Å². The molecular weight excluding hydrogens is 394 g/mol. The lowest BCUT2D eigenvalue weighted by molar-refractivity contribution is 0.0681. The van der Waals surface area contributed by atoms with Gasteiger partial charge in [0.05, 0.1) is 11.5 Å². The van der Waals surface area contributed by atoms with Gasteiger partial charge in [-0.3, -0.25) is 4.79 Å². The van der Waals surface area contributed by atoms with Crippen LogP contribution in [0, 0.1) is 0 Å². The van der Waals surface area contributed by atoms with Crippen LogP contribution in [-0.2, 0) is 21.8 Å². The summed E-state index contributed by atoms with van der Waals surface area (Å²) in [5.74, 6) is -0.0177. The summed E-state index contributed by atoms with van der Waals surface area (Å²) in [6, 6.07) is 14.6. The Balaban J connectivity index is 1.88. The Morgan fingerprint density at radius 3 is 2.18 bits per heavy atom. The van der Waals surface area contributed by atoms with Crippen LogP contribution in [-0.4, -0.2) is 36.8 Å². The molecule has 0 radical (unpaired) electrons. The minimum Gasteiger partial charge on any atom is -0.330 e. The Morgan fingerprint density at radius 2 is 1.68 bits per heavy atom. The number of nitrogens with zero attached hydrogens (tertiary/aromatic N) is 1. The van der Waals surface area contributed by atoms with Crippen molar-refractivity contribution in [3.8, 4) is 0 Å². The van der Waals surface area contributed by atoms with E-state index >= 15 is 0 Å². The number of hydrogen-bond donors (Lipinski definition) is 0. The van der Waals surface area contributed by atoms with E-state index in [1.807, 2.05) is 12.1 Å². The third-order valence-electron chi connectivity index (χ3n) is 5.17. The number of amides is 1. The summed E-state index contributed by atoms with van der Waals surface area (Å²) in [4.78, 5) is 14.9. The number of sulfone groups is 1. The average molecular weight is 420 g/mol. The molecule has 1 amide bonds. The highest BCUT2D eigenvalue weighted by atomic mass is 35.5. The summed E-state index contributed by atoms with van der Waals surface area (Å²) in [6.07, 6.45) is 0.474. The molecule has 0 spiro atoms. The van der Waals surface area contributed by atoms with Gasteiger partial charge in [-0.25, -0.2) is 8.42 Å². The molecule has 6 heteroatoms. The van der Waals surface area contributed by atoms with Crippen LogP contribution in [0.4, 0.5) is 0 Å². The average Bonchev–Trinajstić information content (AvgIpc) is 2.99. The van der Waals surface area contributed by atoms with Crippen LogP contribution in [0.1, 0.15) is 48.7 Å². The van der Waals surface area contributed by atoms with E-state index < -0.39 is 9.84 Å². The lowest BCUT2D eigenvalue weighted by atomic mass is 9.86. The fourth-order valence-corrected chi connectivity index (χ4v) is 5.31. The smallest absolute Gasteiger partial charge is 0.254 e. The first-order valence-corrected chi connectivity index (χ1v) is 11.6. The molecule has 0 bridgehead atoms. The number of carbonyl (C=O) groups excluding carboxylic acids is 1. The minimum atomic E-state index is -3.10. The van der Waals surface area contributed by atoms with Crippen LogP contribution in [0.2, 0.25) is 5.02 Å². The van der Waals surface area contributed by atoms with E-state index in [-0.39, 0.29) is 28.9 Å². The second-order valence-electron chi connectivity index (χ2n) is 8.44. The molecule has 1 aliphatic rings. The number of halogens is 1. The van der Waals surface area contributed by atoms with Crippen molar-refractivity contribution in [3.63, 3.8) is 0 Å². The number of rotatable bonds is 4. The zero-order valence-electron chi connectivity index (χ0n) is 16.5. The molecule has 1 heterocycles. The Bertz CT molecular complexity index is 945. The maximum atomic E-state index is 13.2. The molecule has 1 aliphatic heterocycles. The molecule has 0 aliphatic carbocycles. The van der Waals surface area contributed by atoms with Gasteiger partial charge in [-0.2, -0.15) is 0 Å². The monoisotopic (exact) mass is 419 g/mol. The molecular formula is C22H26ClNO3S. The summed E-state index contributed by atoms with van der Waals surface area (Å²) >= 11 is 5.94. The van der Waals surface area contributed by atoms with E-state index in [1.165, 1.54) is 5.56 Å². The highest BCUT2D eigenvalue weighted by molar-refractivity contribution is 7.91. The van der Waals surface area contributed by atoms with Crippen molar-refractivity contribution in [3.05, 3.63) is 70.2 Å². The fraction of sp³-hybridized carbons (Fsp3) is 0.409. The van der Waals surface area contributed by atoms with E-state index in [4.69, 9.17) is 11.6 Å². The predicted molar refractivity (Wildman–Crippen MR) is 114 cm³/mol. The summed E-state index contributed by atoms with van der Waals surface area (Å²) in [5.41, 5.74) is 2.77. The Kier molecular flexibility index (Phi) is 5.87. The zero-order valence-corrected chi connectivity index (χ0v) is 18.1. The van der Waals surface area contributed by atoms with Crippen LogP contribution in [0.25, 0.3) is 0 Å². The van der Waals surface area contributed by atoms with Crippen LogP contribution < -0.4 is 0 Å². The largest absolute Gasteiger partial charge is 0.330 e. The lowest BCUT2D eigenvalue weighted by Crippen LogP contribution is -2.40. The van der Waals surface area contributed by atoms with Gasteiger partial charge in [0.25, 0.3) is 5.91 Å². The Hall–Kier alpha value is -1.85. The van der Waals surface area contributed by atoms with E-state index in [9.17, 15) is 13.2 Å². The lowest BCUT2D eigenvalue weighted by Gasteiger charge is -2.29. The summed E-state index contributed by atoms with van der Waals surface area (Å²) < 4.78 is 24.0. The minimum absolute atomic E-state index is 0.0202. The van der Waals surface area contributed by atoms with Crippen molar-refractivity contribution in [2.24, 2.45) is 0 Å². The Morgan fingerprint density at radius 1 is 1.07 bits per heavy atom. The molecule has 0 N–H and O–H groups in total. The summed E-state index contributed by atoms with van der Waals surface area (Å²) in [7, 11) is -3.10. The molecule has 2 aromatic carbocycles. The van der Waals surface area contributed by atoms with Crippen LogP contribution in [0.15, 0.2) is 48.5 Å². The second-order valence-corrected chi connectivity index (χ2v) is 11.1. The van der Waals surface area contributed by atoms with Crippen molar-refractivity contribution >= 4 is 27.3 Å². The molecule has 4 nitrogen and oxygen atoms in total. The third-order valence-corrected chi connectivity index (χ3v) is 7.18. The van der Waals surface area contributed by atoms with Crippen molar-refractivity contribution in [2.45, 2.75) is 45.2 Å². The van der Waals surface area contributed by atoms with Crippen molar-refractivity contribution in [2.75, 3.05) is 11.5 Å². The second kappa shape index (κ2) is 7.88. The van der Waals surface area contributed by atoms with Gasteiger partial charge in [0.15, 0.2) is 9.84 Å². The third kappa shape index (κ3) is 4.95. The standard InChI is InChI=1S/C22H26ClNO3S/c1-22(2,3)18-8-4-16(5-9-18)14-24(20-12-13-28(26,27)15-20)21(25)17-6-10-19(23)11-7-17/h4-11,20H,12-15H2,1-3H3. The topological polar surface area (TPSA) is 54.5 Å². The maximum Gasteiger partial charge on any atom is 0.254 e. The molecule has 28 heavy (non-hydrogen) atoms. The van der Waals surface area contributed by atoms with E-state index in [1.54, 1.807) is 29.2 Å². The summed E-state index contributed by atoms with van der Waals surface area (Å²) in [6.45, 7) is 6.84. The quantitative estimate of drug-likeness (QED) is 0.734. The van der Waals surface area contributed by atoms with Gasteiger partial charge < -0.3 is 4.90 Å². The molecule has 0 aromatic heterocycles. The number of hydrogen-bond acceptors (Lipinski definition) is 3. The van der Waals surface area contributed by atoms with E-state index in [0.717, 1.165) is 5.56 Å². The normalized spacial score (nSPS) is 18.8. The van der Waals surface area contributed by atoms with Gasteiger partial charge in [0.2, 0.25) is 0 Å². The SMILES string of the molecule is CC(C)(C)c1ccc(CN(C(=O)c2ccc(Cl)cc2)C2CCS(=O)(=O)C2)cc1. The van der Waals surface area contributed by atoms with Gasteiger partial charge in [-0.05, 0) is 47.2 Å². The highest BCUT2D eigenvalue weighted by Gasteiger charge is 2.35. The molecule has 1 fully saturated rings. The van der Waals surface area contributed by atoms with E-state index in [0.29, 0.717) is 23.6 Å². The molecule has 1 unspecified atom stereocenters. The van der Waals surface area contributed by atoms with Crippen molar-refractivity contribution < 1.29 is 13.2 Å². The maximum absolute atomic E-state index is 13.2. The van der Waals surface area contributed by atoms with Gasteiger partial charge in [-0.1, -0.05) is 56.6 Å². The van der Waals surface area contributed by atoms with Gasteiger partial charge >= 0.3 is 0 Å². The molecule has 0 saturated carbocycles. The van der Waals surface area contributed by atoms with E-state index in [2.05, 4.69) is 32.9 Å². The molecule has 150 valence electrons. The predicted octanol–water partition coefficient (Wildman–Crippen LogP) is 4.47. The van der Waals surface area contributed by atoms with Crippen LogP contribution in [0.5, 0.6) is 0 Å². The number of benzene rings is 2. The molecule has 3 rings (SSSR count). The summed E-state index contributed by atoms with van der Waals surface area (Å²) in [5, 5.41) is 0.560. The molecule has 1 atom stereocenters. The van der Waals surface area contributed by atoms with Crippen LogP contribution in [0.3, 0.4) is 0 Å². The zero-order chi connectivity index (χ0) is 20.5. The van der Waals surface area contributed by atoms with Crippen LogP contribution >= 0.6 is 11.6 Å². The molecule has 1 saturated heterocycles. The molecule has 2 aromatic rings. The first-order chi connectivity index (χ1) is 13.0. The first kappa shape index (κ1) is 20.9. The fourth-order valence-electron chi connectivity index (χ4n) is 3.45. The Labute approximate surface area is 172 Å². The van der Waals surface area contributed by atoms with Gasteiger partial charge in [0, 0.05) is 23.2 Å². The first-order valence-electron chi connectivity index (χ1n) is 9.41. The van der Waals surface area contributed by atoms with Gasteiger partial charge in [0.1, 0.15) is 0 Å². The highest BCUT2D eigenvalue weighted by Crippen LogP contribution is 2.25. The van der Waals surface area contributed by atoms with Crippen molar-refractivity contribution in [1.82, 2.24) is 4.90 Å². The van der Waals surface area contributed by atoms with Gasteiger partial charge in [-0.15, -0.1) is 0 Å².